The summed E-state index contributed by atoms with van der Waals surface area (Å²) in [5.41, 5.74) is 0. The first kappa shape index (κ1) is 20.5. The second-order valence-electron chi connectivity index (χ2n) is 7.34. The molecule has 7 heteroatoms. The van der Waals surface area contributed by atoms with E-state index in [1.807, 2.05) is 36.1 Å². The molecule has 1 amide bonds. The van der Waals surface area contributed by atoms with Crippen LogP contribution in [0.2, 0.25) is 0 Å². The van der Waals surface area contributed by atoms with Gasteiger partial charge in [0.05, 0.1) is 23.9 Å². The van der Waals surface area contributed by atoms with Gasteiger partial charge in [0.1, 0.15) is 5.75 Å². The fraction of sp³-hybridized carbons (Fsp3) is 0.650. The topological polar surface area (TPSA) is 63.7 Å². The van der Waals surface area contributed by atoms with Crippen molar-refractivity contribution in [1.82, 2.24) is 4.90 Å². The Balaban J connectivity index is 1.65. The summed E-state index contributed by atoms with van der Waals surface area (Å²) in [5.74, 6) is 1.58. The Morgan fingerprint density at radius 1 is 1.11 bits per heavy atom. The average Bonchev–Trinajstić information content (AvgIpc) is 3.02. The molecule has 1 aromatic carbocycles. The number of rotatable bonds is 7. The van der Waals surface area contributed by atoms with Crippen LogP contribution in [0.5, 0.6) is 5.75 Å². The van der Waals surface area contributed by atoms with Crippen LogP contribution < -0.4 is 4.74 Å². The molecule has 2 aliphatic rings. The van der Waals surface area contributed by atoms with E-state index in [9.17, 15) is 13.2 Å². The first-order chi connectivity index (χ1) is 13.0. The number of amides is 1. The molecule has 1 aliphatic heterocycles. The minimum absolute atomic E-state index is 0.0721. The highest BCUT2D eigenvalue weighted by Gasteiger charge is 2.38. The molecular formula is C20H29NO4S2. The predicted molar refractivity (Wildman–Crippen MR) is 109 cm³/mol. The van der Waals surface area contributed by atoms with Gasteiger partial charge >= 0.3 is 0 Å². The van der Waals surface area contributed by atoms with E-state index in [0.29, 0.717) is 18.8 Å². The highest BCUT2D eigenvalue weighted by atomic mass is 32.2. The van der Waals surface area contributed by atoms with E-state index in [2.05, 4.69) is 0 Å². The summed E-state index contributed by atoms with van der Waals surface area (Å²) in [6.45, 7) is 2.58. The van der Waals surface area contributed by atoms with Crippen molar-refractivity contribution in [2.24, 2.45) is 0 Å². The van der Waals surface area contributed by atoms with Gasteiger partial charge in [-0.25, -0.2) is 8.42 Å². The van der Waals surface area contributed by atoms with Crippen LogP contribution in [0.4, 0.5) is 0 Å². The lowest BCUT2D eigenvalue weighted by Gasteiger charge is -2.38. The van der Waals surface area contributed by atoms with Crippen molar-refractivity contribution >= 4 is 27.5 Å². The molecule has 1 aromatic rings. The lowest BCUT2D eigenvalue weighted by atomic mass is 9.93. The smallest absolute Gasteiger partial charge is 0.233 e. The number of ether oxygens (including phenoxy) is 1. The van der Waals surface area contributed by atoms with Crippen LogP contribution >= 0.6 is 11.8 Å². The van der Waals surface area contributed by atoms with Gasteiger partial charge in [0.25, 0.3) is 0 Å². The maximum absolute atomic E-state index is 13.1. The maximum atomic E-state index is 13.1. The van der Waals surface area contributed by atoms with Gasteiger partial charge < -0.3 is 9.64 Å². The first-order valence-corrected chi connectivity index (χ1v) is 12.7. The second-order valence-corrected chi connectivity index (χ2v) is 10.6. The number of carbonyl (C=O) groups is 1. The maximum Gasteiger partial charge on any atom is 0.233 e. The zero-order valence-electron chi connectivity index (χ0n) is 15.9. The van der Waals surface area contributed by atoms with Crippen molar-refractivity contribution in [1.29, 1.82) is 0 Å². The lowest BCUT2D eigenvalue weighted by Crippen LogP contribution is -2.49. The third kappa shape index (κ3) is 5.64. The standard InChI is InChI=1S/C20H29NO4S2/c1-2-25-18-8-10-19(11-9-18)26-14-20(22)21(16-6-4-3-5-7-16)17-12-13-27(23,24)15-17/h8-11,16-17H,2-7,12-15H2,1H3. The number of benzene rings is 1. The van der Waals surface area contributed by atoms with Crippen molar-refractivity contribution < 1.29 is 17.9 Å². The van der Waals surface area contributed by atoms with Crippen molar-refractivity contribution in [2.75, 3.05) is 23.9 Å². The molecule has 1 saturated carbocycles. The van der Waals surface area contributed by atoms with Gasteiger partial charge in [-0.1, -0.05) is 19.3 Å². The molecule has 1 heterocycles. The normalized spacial score (nSPS) is 22.5. The van der Waals surface area contributed by atoms with Gasteiger partial charge in [0.15, 0.2) is 9.84 Å². The van der Waals surface area contributed by atoms with Crippen LogP contribution in [0.3, 0.4) is 0 Å². The minimum Gasteiger partial charge on any atom is -0.494 e. The predicted octanol–water partition coefficient (Wildman–Crippen LogP) is 3.53. The van der Waals surface area contributed by atoms with Gasteiger partial charge in [-0.15, -0.1) is 11.8 Å². The molecule has 0 bridgehead atoms. The van der Waals surface area contributed by atoms with Gasteiger partial charge in [-0.05, 0) is 50.5 Å². The molecule has 2 fully saturated rings. The second kappa shape index (κ2) is 9.32. The molecule has 0 aromatic heterocycles. The van der Waals surface area contributed by atoms with Gasteiger partial charge in [-0.2, -0.15) is 0 Å². The number of hydrogen-bond acceptors (Lipinski definition) is 5. The molecule has 1 aliphatic carbocycles. The molecule has 150 valence electrons. The number of nitrogens with zero attached hydrogens (tertiary/aromatic N) is 1. The summed E-state index contributed by atoms with van der Waals surface area (Å²) < 4.78 is 29.4. The Morgan fingerprint density at radius 3 is 2.41 bits per heavy atom. The molecule has 0 spiro atoms. The third-order valence-electron chi connectivity index (χ3n) is 5.35. The Morgan fingerprint density at radius 2 is 1.81 bits per heavy atom. The molecule has 0 N–H and O–H groups in total. The fourth-order valence-corrected chi connectivity index (χ4v) is 6.56. The van der Waals surface area contributed by atoms with Crippen LogP contribution in [-0.4, -0.2) is 55.2 Å². The van der Waals surface area contributed by atoms with E-state index >= 15 is 0 Å². The monoisotopic (exact) mass is 411 g/mol. The molecule has 1 unspecified atom stereocenters. The highest BCUT2D eigenvalue weighted by Crippen LogP contribution is 2.30. The van der Waals surface area contributed by atoms with Crippen LogP contribution in [-0.2, 0) is 14.6 Å². The summed E-state index contributed by atoms with van der Waals surface area (Å²) in [6.07, 6.45) is 6.03. The van der Waals surface area contributed by atoms with Gasteiger partial charge in [-0.3, -0.25) is 4.79 Å². The van der Waals surface area contributed by atoms with E-state index in [4.69, 9.17) is 4.74 Å². The summed E-state index contributed by atoms with van der Waals surface area (Å²) in [4.78, 5) is 16.0. The van der Waals surface area contributed by atoms with Crippen molar-refractivity contribution in [3.8, 4) is 5.75 Å². The van der Waals surface area contributed by atoms with Gasteiger partial charge in [0.2, 0.25) is 5.91 Å². The summed E-state index contributed by atoms with van der Waals surface area (Å²) in [6, 6.07) is 7.82. The highest BCUT2D eigenvalue weighted by molar-refractivity contribution is 8.00. The SMILES string of the molecule is CCOc1ccc(SCC(=O)N(C2CCCCC2)C2CCS(=O)(=O)C2)cc1. The zero-order valence-corrected chi connectivity index (χ0v) is 17.6. The molecule has 0 radical (unpaired) electrons. The van der Waals surface area contributed by atoms with Crippen molar-refractivity contribution in [3.05, 3.63) is 24.3 Å². The molecule has 3 rings (SSSR count). The number of carbonyl (C=O) groups excluding carboxylic acids is 1. The number of thioether (sulfide) groups is 1. The summed E-state index contributed by atoms with van der Waals surface area (Å²) in [5, 5.41) is 0. The van der Waals surface area contributed by atoms with E-state index in [-0.39, 0.29) is 29.5 Å². The Labute approximate surface area is 166 Å². The van der Waals surface area contributed by atoms with Crippen molar-refractivity contribution in [2.45, 2.75) is 62.4 Å². The largest absolute Gasteiger partial charge is 0.494 e. The molecule has 27 heavy (non-hydrogen) atoms. The van der Waals surface area contributed by atoms with Gasteiger partial charge in [0, 0.05) is 17.0 Å². The van der Waals surface area contributed by atoms with Crippen LogP contribution in [0.15, 0.2) is 29.2 Å². The molecule has 1 atom stereocenters. The first-order valence-electron chi connectivity index (χ1n) is 9.86. The number of hydrogen-bond donors (Lipinski definition) is 0. The van der Waals surface area contributed by atoms with E-state index in [1.54, 1.807) is 0 Å². The van der Waals surface area contributed by atoms with Crippen LogP contribution in [0.1, 0.15) is 45.4 Å². The molecular weight excluding hydrogens is 382 g/mol. The Kier molecular flexibility index (Phi) is 7.09. The summed E-state index contributed by atoms with van der Waals surface area (Å²) in [7, 11) is -3.00. The lowest BCUT2D eigenvalue weighted by molar-refractivity contribution is -0.133. The minimum atomic E-state index is -3.00. The third-order valence-corrected chi connectivity index (χ3v) is 8.10. The zero-order chi connectivity index (χ0) is 19.3. The Bertz CT molecular complexity index is 727. The van der Waals surface area contributed by atoms with E-state index < -0.39 is 9.84 Å². The quantitative estimate of drug-likeness (QED) is 0.642. The summed E-state index contributed by atoms with van der Waals surface area (Å²) >= 11 is 1.51. The van der Waals surface area contributed by atoms with E-state index in [0.717, 1.165) is 36.3 Å². The molecule has 1 saturated heterocycles. The van der Waals surface area contributed by atoms with Crippen molar-refractivity contribution in [3.63, 3.8) is 0 Å². The Hall–Kier alpha value is -1.21. The van der Waals surface area contributed by atoms with Crippen LogP contribution in [0, 0.1) is 0 Å². The van der Waals surface area contributed by atoms with Crippen LogP contribution in [0.25, 0.3) is 0 Å². The molecule has 5 nitrogen and oxygen atoms in total. The average molecular weight is 412 g/mol. The number of sulfone groups is 1. The fourth-order valence-electron chi connectivity index (χ4n) is 4.08. The van der Waals surface area contributed by atoms with E-state index in [1.165, 1.54) is 18.2 Å².